The Morgan fingerprint density at radius 1 is 1.04 bits per heavy atom. The Balaban J connectivity index is 1.70. The molecule has 1 atom stereocenters. The molecule has 1 saturated heterocycles. The van der Waals surface area contributed by atoms with E-state index in [1.54, 1.807) is 12.4 Å². The van der Waals surface area contributed by atoms with E-state index in [4.69, 9.17) is 16.6 Å². The van der Waals surface area contributed by atoms with Crippen molar-refractivity contribution in [3.8, 4) is 0 Å². The van der Waals surface area contributed by atoms with Crippen LogP contribution in [0, 0.1) is 0 Å². The molecule has 2 fully saturated rings. The van der Waals surface area contributed by atoms with Crippen LogP contribution in [0.2, 0.25) is 5.02 Å². The van der Waals surface area contributed by atoms with Gasteiger partial charge in [-0.1, -0.05) is 36.6 Å². The second-order valence-corrected chi connectivity index (χ2v) is 8.19. The second kappa shape index (κ2) is 7.21. The number of hydrogen-bond acceptors (Lipinski definition) is 4. The fraction of sp³-hybridized carbons (Fsp3) is 0.409. The first-order chi connectivity index (χ1) is 13.7. The van der Waals surface area contributed by atoms with E-state index in [0.717, 1.165) is 49.3 Å². The number of rotatable bonds is 3. The Bertz CT molecular complexity index is 1070. The molecule has 5 rings (SSSR count). The third kappa shape index (κ3) is 2.89. The number of hydrogen-bond donors (Lipinski definition) is 0. The van der Waals surface area contributed by atoms with Crippen LogP contribution >= 0.6 is 11.6 Å². The molecule has 5 nitrogen and oxygen atoms in total. The molecular weight excluding hydrogens is 372 g/mol. The lowest BCUT2D eigenvalue weighted by atomic mass is 10.1. The van der Waals surface area contributed by atoms with Crippen molar-refractivity contribution in [3.63, 3.8) is 0 Å². The van der Waals surface area contributed by atoms with Gasteiger partial charge in [-0.15, -0.1) is 0 Å². The van der Waals surface area contributed by atoms with Gasteiger partial charge in [0.15, 0.2) is 0 Å². The van der Waals surface area contributed by atoms with Crippen molar-refractivity contribution in [2.45, 2.75) is 50.6 Å². The minimum atomic E-state index is 0.0535. The van der Waals surface area contributed by atoms with Gasteiger partial charge in [-0.25, -0.2) is 4.98 Å². The molecule has 0 spiro atoms. The van der Waals surface area contributed by atoms with Crippen molar-refractivity contribution in [2.24, 2.45) is 0 Å². The number of nitrogens with zero attached hydrogens (tertiary/aromatic N) is 4. The second-order valence-electron chi connectivity index (χ2n) is 7.78. The van der Waals surface area contributed by atoms with Gasteiger partial charge in [0, 0.05) is 25.0 Å². The Hall–Kier alpha value is -2.40. The average molecular weight is 395 g/mol. The first-order valence-electron chi connectivity index (χ1n) is 10.1. The Morgan fingerprint density at radius 2 is 1.86 bits per heavy atom. The van der Waals surface area contributed by atoms with Crippen LogP contribution in [0.25, 0.3) is 10.9 Å². The molecule has 1 aromatic carbocycles. The molecule has 2 aromatic heterocycles. The number of fused-ring (bicyclic) bond motifs is 1. The molecule has 2 aliphatic rings. The lowest BCUT2D eigenvalue weighted by Crippen LogP contribution is -2.34. The SMILES string of the molecule is O=c1c2ccccc2nc(C2CCCN2c2ccncc2Cl)n1C1CCCC1. The molecule has 1 aliphatic carbocycles. The van der Waals surface area contributed by atoms with Gasteiger partial charge < -0.3 is 4.90 Å². The Kier molecular flexibility index (Phi) is 4.55. The summed E-state index contributed by atoms with van der Waals surface area (Å²) in [6, 6.07) is 9.96. The van der Waals surface area contributed by atoms with E-state index in [2.05, 4.69) is 9.88 Å². The van der Waals surface area contributed by atoms with Crippen LogP contribution in [0.4, 0.5) is 5.69 Å². The van der Waals surface area contributed by atoms with Crippen LogP contribution in [0.3, 0.4) is 0 Å². The molecule has 6 heteroatoms. The van der Waals surface area contributed by atoms with Crippen LogP contribution in [0.15, 0.2) is 47.5 Å². The predicted molar refractivity (Wildman–Crippen MR) is 112 cm³/mol. The van der Waals surface area contributed by atoms with E-state index < -0.39 is 0 Å². The smallest absolute Gasteiger partial charge is 0.261 e. The maximum atomic E-state index is 13.5. The van der Waals surface area contributed by atoms with Crippen molar-refractivity contribution in [1.82, 2.24) is 14.5 Å². The van der Waals surface area contributed by atoms with E-state index in [1.165, 1.54) is 12.8 Å². The Morgan fingerprint density at radius 3 is 2.68 bits per heavy atom. The molecular formula is C22H23ClN4O. The summed E-state index contributed by atoms with van der Waals surface area (Å²) >= 11 is 6.46. The van der Waals surface area contributed by atoms with Gasteiger partial charge in [-0.3, -0.25) is 14.3 Å². The van der Waals surface area contributed by atoms with Gasteiger partial charge >= 0.3 is 0 Å². The highest BCUT2D eigenvalue weighted by Crippen LogP contribution is 2.40. The standard InChI is InChI=1S/C22H23ClN4O/c23-17-14-24-12-11-19(17)26-13-5-10-20(26)21-25-18-9-4-3-8-16(18)22(28)27(21)15-6-1-2-7-15/h3-4,8-9,11-12,14-15,20H,1-2,5-7,10,13H2. The minimum absolute atomic E-state index is 0.0535. The van der Waals surface area contributed by atoms with Gasteiger partial charge in [0.2, 0.25) is 0 Å². The minimum Gasteiger partial charge on any atom is -0.360 e. The monoisotopic (exact) mass is 394 g/mol. The zero-order valence-electron chi connectivity index (χ0n) is 15.7. The van der Waals surface area contributed by atoms with E-state index in [9.17, 15) is 4.79 Å². The maximum absolute atomic E-state index is 13.5. The van der Waals surface area contributed by atoms with Gasteiger partial charge in [0.25, 0.3) is 5.56 Å². The number of anilines is 1. The van der Waals surface area contributed by atoms with Gasteiger partial charge in [0.1, 0.15) is 5.82 Å². The number of halogens is 1. The summed E-state index contributed by atoms with van der Waals surface area (Å²) < 4.78 is 2.01. The van der Waals surface area contributed by atoms with Crippen molar-refractivity contribution < 1.29 is 0 Å². The third-order valence-electron chi connectivity index (χ3n) is 6.14. The first-order valence-corrected chi connectivity index (χ1v) is 10.5. The molecule has 28 heavy (non-hydrogen) atoms. The van der Waals surface area contributed by atoms with Crippen LogP contribution in [0.5, 0.6) is 0 Å². The summed E-state index contributed by atoms with van der Waals surface area (Å²) in [4.78, 5) is 24.9. The fourth-order valence-electron chi connectivity index (χ4n) is 4.84. The molecule has 3 aromatic rings. The van der Waals surface area contributed by atoms with Gasteiger partial charge in [0.05, 0.1) is 27.7 Å². The summed E-state index contributed by atoms with van der Waals surface area (Å²) in [7, 11) is 0. The number of pyridine rings is 1. The summed E-state index contributed by atoms with van der Waals surface area (Å²) in [6.45, 7) is 0.905. The highest BCUT2D eigenvalue weighted by atomic mass is 35.5. The lowest BCUT2D eigenvalue weighted by molar-refractivity contribution is 0.454. The molecule has 1 aliphatic heterocycles. The molecule has 0 amide bonds. The zero-order valence-corrected chi connectivity index (χ0v) is 16.5. The van der Waals surface area contributed by atoms with Crippen molar-refractivity contribution >= 4 is 28.2 Å². The summed E-state index contributed by atoms with van der Waals surface area (Å²) in [5.74, 6) is 0.890. The highest BCUT2D eigenvalue weighted by Gasteiger charge is 2.34. The summed E-state index contributed by atoms with van der Waals surface area (Å²) in [5.41, 5.74) is 1.85. The van der Waals surface area contributed by atoms with E-state index in [0.29, 0.717) is 10.4 Å². The van der Waals surface area contributed by atoms with E-state index in [1.807, 2.05) is 34.9 Å². The molecule has 1 unspecified atom stereocenters. The number of para-hydroxylation sites is 1. The van der Waals surface area contributed by atoms with Crippen LogP contribution in [-0.4, -0.2) is 21.1 Å². The van der Waals surface area contributed by atoms with E-state index >= 15 is 0 Å². The van der Waals surface area contributed by atoms with Crippen LogP contribution in [0.1, 0.15) is 56.4 Å². The average Bonchev–Trinajstić information content (AvgIpc) is 3.40. The lowest BCUT2D eigenvalue weighted by Gasteiger charge is -2.30. The van der Waals surface area contributed by atoms with E-state index in [-0.39, 0.29) is 17.6 Å². The first kappa shape index (κ1) is 17.7. The number of aromatic nitrogens is 3. The highest BCUT2D eigenvalue weighted by molar-refractivity contribution is 6.33. The third-order valence-corrected chi connectivity index (χ3v) is 6.43. The van der Waals surface area contributed by atoms with Crippen molar-refractivity contribution in [2.75, 3.05) is 11.4 Å². The molecule has 144 valence electrons. The molecule has 0 bridgehead atoms. The predicted octanol–water partition coefficient (Wildman–Crippen LogP) is 4.90. The van der Waals surface area contributed by atoms with Gasteiger partial charge in [-0.05, 0) is 43.9 Å². The zero-order chi connectivity index (χ0) is 19.1. The Labute approximate surface area is 169 Å². The molecule has 1 saturated carbocycles. The molecule has 0 N–H and O–H groups in total. The van der Waals surface area contributed by atoms with Crippen molar-refractivity contribution in [1.29, 1.82) is 0 Å². The largest absolute Gasteiger partial charge is 0.360 e. The summed E-state index contributed by atoms with van der Waals surface area (Å²) in [5, 5.41) is 1.36. The molecule has 0 radical (unpaired) electrons. The maximum Gasteiger partial charge on any atom is 0.261 e. The fourth-order valence-corrected chi connectivity index (χ4v) is 5.07. The van der Waals surface area contributed by atoms with Gasteiger partial charge in [-0.2, -0.15) is 0 Å². The topological polar surface area (TPSA) is 51.0 Å². The van der Waals surface area contributed by atoms with Crippen molar-refractivity contribution in [3.05, 3.63) is 63.9 Å². The van der Waals surface area contributed by atoms with Crippen LogP contribution < -0.4 is 10.5 Å². The number of benzene rings is 1. The quantitative estimate of drug-likeness (QED) is 0.633. The molecule has 3 heterocycles. The van der Waals surface area contributed by atoms with Crippen LogP contribution in [-0.2, 0) is 0 Å². The summed E-state index contributed by atoms with van der Waals surface area (Å²) in [6.07, 6.45) is 9.93. The normalized spacial score (nSPS) is 20.3.